The van der Waals surface area contributed by atoms with Crippen molar-refractivity contribution in [3.63, 3.8) is 0 Å². The largest absolute Gasteiger partial charge is 0.416 e. The number of carbonyl (C=O) groups excluding carboxylic acids is 1. The predicted octanol–water partition coefficient (Wildman–Crippen LogP) is 3.34. The molecular formula is C25H30F3N5O. The summed E-state index contributed by atoms with van der Waals surface area (Å²) in [7, 11) is 0. The van der Waals surface area contributed by atoms with Crippen molar-refractivity contribution in [3.05, 3.63) is 52.8 Å². The lowest BCUT2D eigenvalue weighted by Gasteiger charge is -2.43. The summed E-state index contributed by atoms with van der Waals surface area (Å²) in [6, 6.07) is 5.60. The van der Waals surface area contributed by atoms with E-state index in [0.29, 0.717) is 31.5 Å². The monoisotopic (exact) mass is 473 g/mol. The Morgan fingerprint density at radius 2 is 1.68 bits per heavy atom. The van der Waals surface area contributed by atoms with E-state index in [1.807, 2.05) is 6.20 Å². The Morgan fingerprint density at radius 1 is 0.971 bits per heavy atom. The summed E-state index contributed by atoms with van der Waals surface area (Å²) in [5.74, 6) is 0.699. The van der Waals surface area contributed by atoms with Crippen LogP contribution in [0.15, 0.2) is 30.5 Å². The van der Waals surface area contributed by atoms with Gasteiger partial charge in [0.05, 0.1) is 17.7 Å². The molecule has 2 fully saturated rings. The molecule has 5 rings (SSSR count). The first-order valence-corrected chi connectivity index (χ1v) is 12.1. The highest BCUT2D eigenvalue weighted by Crippen LogP contribution is 2.29. The minimum absolute atomic E-state index is 0.0761. The number of alkyl halides is 3. The fourth-order valence-corrected chi connectivity index (χ4v) is 5.00. The topological polar surface area (TPSA) is 52.6 Å². The fourth-order valence-electron chi connectivity index (χ4n) is 5.00. The number of nitrogens with zero attached hydrogens (tertiary/aromatic N) is 5. The molecule has 1 saturated heterocycles. The van der Waals surface area contributed by atoms with Crippen LogP contribution in [0.2, 0.25) is 0 Å². The normalized spacial score (nSPS) is 20.0. The van der Waals surface area contributed by atoms with Gasteiger partial charge in [-0.1, -0.05) is 18.6 Å². The Hall–Kier alpha value is -2.68. The smallest absolute Gasteiger partial charge is 0.342 e. The average Bonchev–Trinajstić information content (AvgIpc) is 3.00. The molecule has 3 heterocycles. The standard InChI is InChI=1S/C25H30F3N5O/c26-25(27,28)20-6-4-18(5-7-20)16-23(34)32-10-8-19-17-29-24(30-22(19)9-11-32)33-14-12-31(13-15-33)21-2-1-3-21/h4-7,17,21H,1-3,8-16H2. The molecule has 0 atom stereocenters. The minimum atomic E-state index is -4.37. The number of halogens is 3. The van der Waals surface area contributed by atoms with Gasteiger partial charge in [-0.25, -0.2) is 9.97 Å². The van der Waals surface area contributed by atoms with Gasteiger partial charge >= 0.3 is 6.18 Å². The predicted molar refractivity (Wildman–Crippen MR) is 123 cm³/mol. The second-order valence-corrected chi connectivity index (χ2v) is 9.50. The molecule has 2 aliphatic heterocycles. The van der Waals surface area contributed by atoms with Crippen LogP contribution in [-0.2, 0) is 30.2 Å². The number of hydrogen-bond donors (Lipinski definition) is 0. The van der Waals surface area contributed by atoms with Gasteiger partial charge in [-0.3, -0.25) is 9.69 Å². The van der Waals surface area contributed by atoms with E-state index in [1.165, 1.54) is 31.4 Å². The van der Waals surface area contributed by atoms with Crippen LogP contribution in [0.25, 0.3) is 0 Å². The van der Waals surface area contributed by atoms with Crippen molar-refractivity contribution in [2.45, 2.75) is 50.7 Å². The summed E-state index contributed by atoms with van der Waals surface area (Å²) in [5.41, 5.74) is 1.95. The number of rotatable bonds is 4. The first-order valence-electron chi connectivity index (χ1n) is 12.1. The highest BCUT2D eigenvalue weighted by Gasteiger charge is 2.31. The molecule has 1 aromatic carbocycles. The molecule has 6 nitrogen and oxygen atoms in total. The fraction of sp³-hybridized carbons (Fsp3) is 0.560. The van der Waals surface area contributed by atoms with Crippen molar-refractivity contribution in [2.75, 3.05) is 44.2 Å². The van der Waals surface area contributed by atoms with Gasteiger partial charge in [0.15, 0.2) is 0 Å². The SMILES string of the molecule is O=C(Cc1ccc(C(F)(F)F)cc1)N1CCc2cnc(N3CCN(C4CCC4)CC3)nc2CC1. The Morgan fingerprint density at radius 3 is 2.32 bits per heavy atom. The van der Waals surface area contributed by atoms with E-state index in [-0.39, 0.29) is 12.3 Å². The lowest BCUT2D eigenvalue weighted by Crippen LogP contribution is -2.52. The van der Waals surface area contributed by atoms with Crippen LogP contribution in [-0.4, -0.2) is 71.0 Å². The number of aromatic nitrogens is 2. The zero-order chi connectivity index (χ0) is 23.7. The van der Waals surface area contributed by atoms with Crippen LogP contribution in [0.4, 0.5) is 19.1 Å². The molecule has 182 valence electrons. The highest BCUT2D eigenvalue weighted by atomic mass is 19.4. The Balaban J connectivity index is 1.17. The molecule has 0 N–H and O–H groups in total. The number of fused-ring (bicyclic) bond motifs is 1. The highest BCUT2D eigenvalue weighted by molar-refractivity contribution is 5.79. The second-order valence-electron chi connectivity index (χ2n) is 9.50. The van der Waals surface area contributed by atoms with Crippen LogP contribution in [0.3, 0.4) is 0 Å². The summed E-state index contributed by atoms with van der Waals surface area (Å²) in [4.78, 5) is 29.0. The minimum Gasteiger partial charge on any atom is -0.342 e. The van der Waals surface area contributed by atoms with Gasteiger partial charge in [-0.05, 0) is 42.5 Å². The van der Waals surface area contributed by atoms with E-state index in [0.717, 1.165) is 61.6 Å². The van der Waals surface area contributed by atoms with Gasteiger partial charge < -0.3 is 9.80 Å². The molecule has 0 spiro atoms. The molecule has 1 amide bonds. The van der Waals surface area contributed by atoms with Crippen molar-refractivity contribution < 1.29 is 18.0 Å². The molecule has 1 saturated carbocycles. The maximum absolute atomic E-state index is 12.8. The van der Waals surface area contributed by atoms with Crippen molar-refractivity contribution in [2.24, 2.45) is 0 Å². The maximum Gasteiger partial charge on any atom is 0.416 e. The van der Waals surface area contributed by atoms with Gasteiger partial charge in [0, 0.05) is 57.9 Å². The molecule has 0 bridgehead atoms. The van der Waals surface area contributed by atoms with Crippen LogP contribution < -0.4 is 4.90 Å². The van der Waals surface area contributed by atoms with E-state index < -0.39 is 11.7 Å². The van der Waals surface area contributed by atoms with Gasteiger partial charge in [0.2, 0.25) is 11.9 Å². The van der Waals surface area contributed by atoms with E-state index in [2.05, 4.69) is 14.8 Å². The number of hydrogen-bond acceptors (Lipinski definition) is 5. The summed E-state index contributed by atoms with van der Waals surface area (Å²) < 4.78 is 38.3. The third-order valence-corrected chi connectivity index (χ3v) is 7.39. The Labute approximate surface area is 197 Å². The quantitative estimate of drug-likeness (QED) is 0.682. The summed E-state index contributed by atoms with van der Waals surface area (Å²) in [6.45, 7) is 5.10. The van der Waals surface area contributed by atoms with Crippen molar-refractivity contribution in [3.8, 4) is 0 Å². The van der Waals surface area contributed by atoms with Crippen LogP contribution in [0.1, 0.15) is 41.6 Å². The molecule has 2 aromatic rings. The summed E-state index contributed by atoms with van der Waals surface area (Å²) in [6.07, 6.45) is 2.96. The Bertz CT molecular complexity index is 1010. The number of amides is 1. The lowest BCUT2D eigenvalue weighted by molar-refractivity contribution is -0.137. The molecule has 0 radical (unpaired) electrons. The lowest BCUT2D eigenvalue weighted by atomic mass is 9.91. The molecule has 1 aliphatic carbocycles. The van der Waals surface area contributed by atoms with Gasteiger partial charge in [0.1, 0.15) is 0 Å². The first-order chi connectivity index (χ1) is 16.4. The average molecular weight is 474 g/mol. The van der Waals surface area contributed by atoms with Crippen molar-refractivity contribution >= 4 is 11.9 Å². The second kappa shape index (κ2) is 9.52. The Kier molecular flexibility index (Phi) is 6.46. The number of anilines is 1. The number of benzene rings is 1. The van der Waals surface area contributed by atoms with Gasteiger partial charge in [-0.2, -0.15) is 13.2 Å². The molecule has 34 heavy (non-hydrogen) atoms. The van der Waals surface area contributed by atoms with Crippen LogP contribution in [0.5, 0.6) is 0 Å². The van der Waals surface area contributed by atoms with E-state index in [4.69, 9.17) is 4.98 Å². The molecule has 3 aliphatic rings. The summed E-state index contributed by atoms with van der Waals surface area (Å²) >= 11 is 0. The molecule has 1 aromatic heterocycles. The zero-order valence-corrected chi connectivity index (χ0v) is 19.2. The number of piperazine rings is 1. The number of carbonyl (C=O) groups is 1. The van der Waals surface area contributed by atoms with E-state index in [9.17, 15) is 18.0 Å². The van der Waals surface area contributed by atoms with Gasteiger partial charge in [-0.15, -0.1) is 0 Å². The van der Waals surface area contributed by atoms with Crippen molar-refractivity contribution in [1.82, 2.24) is 19.8 Å². The van der Waals surface area contributed by atoms with Gasteiger partial charge in [0.25, 0.3) is 0 Å². The molecule has 0 unspecified atom stereocenters. The summed E-state index contributed by atoms with van der Waals surface area (Å²) in [5, 5.41) is 0. The molecule has 9 heteroatoms. The molecular weight excluding hydrogens is 443 g/mol. The van der Waals surface area contributed by atoms with E-state index >= 15 is 0 Å². The van der Waals surface area contributed by atoms with Crippen LogP contribution >= 0.6 is 0 Å². The third kappa shape index (κ3) is 5.04. The van der Waals surface area contributed by atoms with E-state index in [1.54, 1.807) is 4.90 Å². The maximum atomic E-state index is 12.8. The van der Waals surface area contributed by atoms with Crippen LogP contribution in [0, 0.1) is 0 Å². The van der Waals surface area contributed by atoms with Crippen molar-refractivity contribution in [1.29, 1.82) is 0 Å². The zero-order valence-electron chi connectivity index (χ0n) is 19.2. The third-order valence-electron chi connectivity index (χ3n) is 7.39. The first kappa shape index (κ1) is 23.1.